The highest BCUT2D eigenvalue weighted by Crippen LogP contribution is 2.28. The van der Waals surface area contributed by atoms with E-state index >= 15 is 0 Å². The van der Waals surface area contributed by atoms with Crippen molar-refractivity contribution >= 4 is 23.2 Å². The van der Waals surface area contributed by atoms with Gasteiger partial charge in [-0.1, -0.05) is 18.7 Å². The van der Waals surface area contributed by atoms with Gasteiger partial charge in [-0.2, -0.15) is 5.10 Å². The first-order valence-corrected chi connectivity index (χ1v) is 6.13. The second kappa shape index (κ2) is 6.49. The number of nitrogens with one attached hydrogen (secondary N) is 1. The third-order valence-electron chi connectivity index (χ3n) is 2.85. The van der Waals surface area contributed by atoms with Gasteiger partial charge in [0.1, 0.15) is 18.6 Å². The van der Waals surface area contributed by atoms with E-state index in [9.17, 15) is 4.79 Å². The van der Waals surface area contributed by atoms with Crippen LogP contribution in [-0.2, 0) is 0 Å². The summed E-state index contributed by atoms with van der Waals surface area (Å²) in [4.78, 5) is 15.2. The molecular weight excluding hydrogens is 270 g/mol. The number of allylic oxidation sites excluding steroid dienone is 4. The highest BCUT2D eigenvalue weighted by atomic mass is 16.3. The Morgan fingerprint density at radius 2 is 2.38 bits per heavy atom. The van der Waals surface area contributed by atoms with E-state index in [1.165, 1.54) is 10.8 Å². The highest BCUT2D eigenvalue weighted by molar-refractivity contribution is 5.98. The summed E-state index contributed by atoms with van der Waals surface area (Å²) in [5, 5.41) is 15.3. The fourth-order valence-electron chi connectivity index (χ4n) is 1.97. The quantitative estimate of drug-likeness (QED) is 0.411. The molecule has 2 aromatic heterocycles. The van der Waals surface area contributed by atoms with Crippen molar-refractivity contribution in [2.45, 2.75) is 0 Å². The Balaban J connectivity index is 2.62. The zero-order chi connectivity index (χ0) is 15.2. The molecule has 0 aliphatic carbocycles. The fraction of sp³-hybridized carbons (Fsp3) is 0.0714. The molecule has 21 heavy (non-hydrogen) atoms. The van der Waals surface area contributed by atoms with Gasteiger partial charge in [0.25, 0.3) is 0 Å². The van der Waals surface area contributed by atoms with Crippen molar-refractivity contribution in [1.29, 1.82) is 0 Å². The van der Waals surface area contributed by atoms with Crippen molar-refractivity contribution < 1.29 is 9.90 Å². The molecule has 7 nitrogen and oxygen atoms in total. The maximum absolute atomic E-state index is 11.3. The van der Waals surface area contributed by atoms with E-state index in [0.29, 0.717) is 22.2 Å². The van der Waals surface area contributed by atoms with Crippen LogP contribution in [0.25, 0.3) is 11.1 Å². The maximum atomic E-state index is 11.3. The van der Waals surface area contributed by atoms with Crippen molar-refractivity contribution in [3.05, 3.63) is 54.7 Å². The van der Waals surface area contributed by atoms with Crippen LogP contribution in [0.5, 0.6) is 0 Å². The van der Waals surface area contributed by atoms with E-state index in [1.807, 2.05) is 0 Å². The van der Waals surface area contributed by atoms with Crippen molar-refractivity contribution in [3.63, 3.8) is 0 Å². The molecule has 0 bridgehead atoms. The average molecular weight is 285 g/mol. The summed E-state index contributed by atoms with van der Waals surface area (Å²) in [6, 6.07) is 0. The van der Waals surface area contributed by atoms with Crippen LogP contribution in [0.3, 0.4) is 0 Å². The number of fused-ring (bicyclic) bond motifs is 1. The minimum absolute atomic E-state index is 0.163. The van der Waals surface area contributed by atoms with Crippen LogP contribution >= 0.6 is 0 Å². The lowest BCUT2D eigenvalue weighted by atomic mass is 10.0. The molecular formula is C14H15N5O2. The van der Waals surface area contributed by atoms with Gasteiger partial charge in [-0.3, -0.25) is 4.79 Å². The summed E-state index contributed by atoms with van der Waals surface area (Å²) in [5.74, 6) is 0.276. The Kier molecular flexibility index (Phi) is 4.47. The smallest absolute Gasteiger partial charge is 0.152 e. The predicted octanol–water partition coefficient (Wildman–Crippen LogP) is 0.746. The number of carbonyl (C=O) groups excluding carboxylic acids is 1. The van der Waals surface area contributed by atoms with Gasteiger partial charge in [-0.05, 0) is 17.8 Å². The molecule has 4 N–H and O–H groups in total. The van der Waals surface area contributed by atoms with Crippen LogP contribution in [0.15, 0.2) is 43.5 Å². The predicted molar refractivity (Wildman–Crippen MR) is 80.3 cm³/mol. The van der Waals surface area contributed by atoms with Gasteiger partial charge in [0.15, 0.2) is 12.1 Å². The first-order chi connectivity index (χ1) is 10.2. The number of nitrogens with two attached hydrogens (primary N) is 1. The summed E-state index contributed by atoms with van der Waals surface area (Å²) < 4.78 is 1.51. The van der Waals surface area contributed by atoms with Crippen LogP contribution < -0.4 is 11.1 Å². The van der Waals surface area contributed by atoms with Crippen molar-refractivity contribution in [3.8, 4) is 0 Å². The molecule has 108 valence electrons. The Labute approximate surface area is 121 Å². The van der Waals surface area contributed by atoms with Crippen LogP contribution in [-0.4, -0.2) is 32.7 Å². The van der Waals surface area contributed by atoms with E-state index in [4.69, 9.17) is 10.8 Å². The number of aliphatic hydroxyl groups excluding tert-OH is 1. The Morgan fingerprint density at radius 3 is 3.05 bits per heavy atom. The highest BCUT2D eigenvalue weighted by Gasteiger charge is 2.16. The number of hydrogen-bond acceptors (Lipinski definition) is 6. The molecule has 2 aromatic rings. The molecule has 0 unspecified atom stereocenters. The normalized spacial score (nSPS) is 12.0. The molecule has 0 spiro atoms. The summed E-state index contributed by atoms with van der Waals surface area (Å²) in [6.45, 7) is 3.59. The number of nitrogens with zero attached hydrogens (tertiary/aromatic N) is 3. The Morgan fingerprint density at radius 1 is 1.57 bits per heavy atom. The summed E-state index contributed by atoms with van der Waals surface area (Å²) in [5.41, 5.74) is 8.18. The zero-order valence-corrected chi connectivity index (χ0v) is 11.2. The number of anilines is 1. The second-order valence-electron chi connectivity index (χ2n) is 4.06. The first kappa shape index (κ1) is 14.5. The molecule has 0 aliphatic rings. The molecule has 0 saturated heterocycles. The van der Waals surface area contributed by atoms with E-state index in [2.05, 4.69) is 22.0 Å². The number of carbonyl (C=O) groups is 1. The lowest BCUT2D eigenvalue weighted by Gasteiger charge is -2.03. The fourth-order valence-corrected chi connectivity index (χ4v) is 1.97. The van der Waals surface area contributed by atoms with Crippen molar-refractivity contribution in [2.75, 3.05) is 12.5 Å². The zero-order valence-electron chi connectivity index (χ0n) is 11.2. The van der Waals surface area contributed by atoms with Crippen LogP contribution in [0.2, 0.25) is 0 Å². The number of aliphatic hydroxyl groups is 1. The van der Waals surface area contributed by atoms with Crippen LogP contribution in [0.4, 0.5) is 5.82 Å². The average Bonchev–Trinajstić information content (AvgIpc) is 2.87. The van der Waals surface area contributed by atoms with E-state index in [1.54, 1.807) is 30.6 Å². The number of aromatic nitrogens is 3. The molecule has 0 radical (unpaired) electrons. The SMILES string of the molecule is C=C/C(=C\C=C\NCO)c1c(C=O)cn2ncnc(N)c12. The number of aldehydes is 1. The lowest BCUT2D eigenvalue weighted by Crippen LogP contribution is -2.04. The largest absolute Gasteiger partial charge is 0.382 e. The topological polar surface area (TPSA) is 106 Å². The Bertz CT molecular complexity index is 730. The minimum Gasteiger partial charge on any atom is -0.382 e. The summed E-state index contributed by atoms with van der Waals surface area (Å²) in [7, 11) is 0. The number of hydrogen-bond donors (Lipinski definition) is 3. The standard InChI is InChI=1S/C14H15N5O2/c1-2-10(4-3-5-16-9-21)12-11(7-20)6-19-13(12)14(15)17-8-18-19/h2-8,16,21H,1,9H2,(H2,15,17,18)/b5-3+,10-4+. The van der Waals surface area contributed by atoms with Crippen molar-refractivity contribution in [2.24, 2.45) is 0 Å². The van der Waals surface area contributed by atoms with Gasteiger partial charge in [-0.25, -0.2) is 9.50 Å². The molecule has 0 aliphatic heterocycles. The second-order valence-corrected chi connectivity index (χ2v) is 4.06. The Hall–Kier alpha value is -2.93. The third-order valence-corrected chi connectivity index (χ3v) is 2.85. The van der Waals surface area contributed by atoms with E-state index in [0.717, 1.165) is 6.29 Å². The summed E-state index contributed by atoms with van der Waals surface area (Å²) >= 11 is 0. The molecule has 7 heteroatoms. The maximum Gasteiger partial charge on any atom is 0.152 e. The van der Waals surface area contributed by atoms with Crippen molar-refractivity contribution in [1.82, 2.24) is 19.9 Å². The molecule has 0 fully saturated rings. The van der Waals surface area contributed by atoms with E-state index in [-0.39, 0.29) is 12.5 Å². The van der Waals surface area contributed by atoms with Gasteiger partial charge in [0.2, 0.25) is 0 Å². The third kappa shape index (κ3) is 2.82. The van der Waals surface area contributed by atoms with Gasteiger partial charge in [0, 0.05) is 17.3 Å². The minimum atomic E-state index is -0.163. The van der Waals surface area contributed by atoms with Gasteiger partial charge in [-0.15, -0.1) is 0 Å². The van der Waals surface area contributed by atoms with Crippen LogP contribution in [0, 0.1) is 0 Å². The van der Waals surface area contributed by atoms with Gasteiger partial charge >= 0.3 is 0 Å². The monoisotopic (exact) mass is 285 g/mol. The molecule has 0 atom stereocenters. The first-order valence-electron chi connectivity index (χ1n) is 6.13. The number of nitrogen functional groups attached to an aromatic ring is 1. The molecule has 2 rings (SSSR count). The lowest BCUT2D eigenvalue weighted by molar-refractivity contribution is 0.112. The van der Waals surface area contributed by atoms with Gasteiger partial charge < -0.3 is 16.2 Å². The molecule has 0 aromatic carbocycles. The summed E-state index contributed by atoms with van der Waals surface area (Å²) in [6.07, 6.45) is 10.2. The van der Waals surface area contributed by atoms with Crippen LogP contribution in [0.1, 0.15) is 15.9 Å². The van der Waals surface area contributed by atoms with E-state index < -0.39 is 0 Å². The molecule has 2 heterocycles. The van der Waals surface area contributed by atoms with Gasteiger partial charge in [0.05, 0.1) is 0 Å². The molecule has 0 amide bonds. The number of rotatable bonds is 6. The molecule has 0 saturated carbocycles.